The summed E-state index contributed by atoms with van der Waals surface area (Å²) in [5.41, 5.74) is 0.627. The largest absolute Gasteiger partial charge is 0.491 e. The zero-order valence-electron chi connectivity index (χ0n) is 12.3. The summed E-state index contributed by atoms with van der Waals surface area (Å²) in [6.45, 7) is 6.24. The lowest BCUT2D eigenvalue weighted by Gasteiger charge is -2.30. The molecule has 2 aliphatic rings. The van der Waals surface area contributed by atoms with Crippen molar-refractivity contribution in [3.05, 3.63) is 29.8 Å². The maximum Gasteiger partial charge on any atom is 0.411 e. The van der Waals surface area contributed by atoms with E-state index in [0.717, 1.165) is 24.2 Å². The van der Waals surface area contributed by atoms with Gasteiger partial charge < -0.3 is 9.47 Å². The number of hydrogen-bond donors (Lipinski definition) is 0. The van der Waals surface area contributed by atoms with E-state index in [4.69, 9.17) is 9.47 Å². The summed E-state index contributed by atoms with van der Waals surface area (Å²) in [4.78, 5) is 14.4. The van der Waals surface area contributed by atoms with Crippen LogP contribution in [0.25, 0.3) is 0 Å². The summed E-state index contributed by atoms with van der Waals surface area (Å²) >= 11 is 0. The molecule has 0 radical (unpaired) electrons. The molecule has 108 valence electrons. The molecule has 0 aromatic heterocycles. The molecule has 2 aliphatic heterocycles. The molecule has 1 saturated heterocycles. The molecule has 1 amide bonds. The molecule has 2 bridgehead atoms. The van der Waals surface area contributed by atoms with Crippen molar-refractivity contribution in [2.75, 3.05) is 6.61 Å². The minimum absolute atomic E-state index is 0.0774. The highest BCUT2D eigenvalue weighted by atomic mass is 16.6. The molecule has 0 spiro atoms. The normalized spacial score (nSPS) is 24.6. The van der Waals surface area contributed by atoms with Crippen molar-refractivity contribution in [2.45, 2.75) is 51.3 Å². The van der Waals surface area contributed by atoms with Crippen LogP contribution in [0.2, 0.25) is 0 Å². The highest BCUT2D eigenvalue weighted by molar-refractivity contribution is 5.70. The minimum Gasteiger partial charge on any atom is -0.491 e. The van der Waals surface area contributed by atoms with Gasteiger partial charge >= 0.3 is 6.09 Å². The average Bonchev–Trinajstić information content (AvgIpc) is 2.69. The van der Waals surface area contributed by atoms with Gasteiger partial charge in [-0.3, -0.25) is 4.90 Å². The predicted octanol–water partition coefficient (Wildman–Crippen LogP) is 3.52. The number of carbonyl (C=O) groups excluding carboxylic acids is 1. The van der Waals surface area contributed by atoms with E-state index in [0.29, 0.717) is 6.61 Å². The second kappa shape index (κ2) is 4.69. The van der Waals surface area contributed by atoms with Crippen LogP contribution in [0.1, 0.15) is 45.2 Å². The van der Waals surface area contributed by atoms with E-state index in [2.05, 4.69) is 0 Å². The molecule has 20 heavy (non-hydrogen) atoms. The third-order valence-corrected chi connectivity index (χ3v) is 3.82. The van der Waals surface area contributed by atoms with Crippen molar-refractivity contribution in [1.82, 2.24) is 4.90 Å². The highest BCUT2D eigenvalue weighted by Crippen LogP contribution is 2.43. The van der Waals surface area contributed by atoms with Gasteiger partial charge in [0.15, 0.2) is 0 Å². The summed E-state index contributed by atoms with van der Waals surface area (Å²) < 4.78 is 11.4. The van der Waals surface area contributed by atoms with Gasteiger partial charge in [0.25, 0.3) is 0 Å². The third-order valence-electron chi connectivity index (χ3n) is 3.82. The van der Waals surface area contributed by atoms with Gasteiger partial charge in [0.05, 0.1) is 12.1 Å². The average molecular weight is 275 g/mol. The van der Waals surface area contributed by atoms with Crippen molar-refractivity contribution in [3.8, 4) is 5.75 Å². The van der Waals surface area contributed by atoms with Crippen LogP contribution in [-0.2, 0) is 4.74 Å². The van der Waals surface area contributed by atoms with E-state index in [1.54, 1.807) is 0 Å². The summed E-state index contributed by atoms with van der Waals surface area (Å²) in [6.07, 6.45) is 1.72. The molecule has 4 heteroatoms. The standard InChI is InChI=1S/C16H21NO3/c1-16(2,3)20-15(18)17-11-8-9-13(17)12-6-4-5-7-14(12)19-10-11/h4-7,11,13H,8-10H2,1-3H3. The van der Waals surface area contributed by atoms with Crippen molar-refractivity contribution < 1.29 is 14.3 Å². The Bertz CT molecular complexity index is 521. The van der Waals surface area contributed by atoms with Gasteiger partial charge in [0, 0.05) is 5.56 Å². The summed E-state index contributed by atoms with van der Waals surface area (Å²) in [6, 6.07) is 8.17. The van der Waals surface area contributed by atoms with Crippen LogP contribution in [-0.4, -0.2) is 29.2 Å². The van der Waals surface area contributed by atoms with E-state index >= 15 is 0 Å². The first-order valence-electron chi connectivity index (χ1n) is 7.19. The third kappa shape index (κ3) is 2.35. The number of para-hydroxylation sites is 1. The van der Waals surface area contributed by atoms with Crippen molar-refractivity contribution in [1.29, 1.82) is 0 Å². The van der Waals surface area contributed by atoms with Gasteiger partial charge in [-0.15, -0.1) is 0 Å². The van der Waals surface area contributed by atoms with Gasteiger partial charge in [-0.25, -0.2) is 4.79 Å². The van der Waals surface area contributed by atoms with Crippen molar-refractivity contribution in [2.24, 2.45) is 0 Å². The number of benzene rings is 1. The fourth-order valence-corrected chi connectivity index (χ4v) is 3.02. The minimum atomic E-state index is -0.469. The first-order valence-corrected chi connectivity index (χ1v) is 7.19. The zero-order chi connectivity index (χ0) is 14.3. The Balaban J connectivity index is 1.91. The molecule has 2 heterocycles. The summed E-state index contributed by atoms with van der Waals surface area (Å²) in [5, 5.41) is 0. The van der Waals surface area contributed by atoms with Gasteiger partial charge in [0.2, 0.25) is 0 Å². The molecule has 0 aliphatic carbocycles. The fraction of sp³-hybridized carbons (Fsp3) is 0.562. The van der Waals surface area contributed by atoms with Gasteiger partial charge in [0.1, 0.15) is 18.0 Å². The lowest BCUT2D eigenvalue weighted by Crippen LogP contribution is -2.42. The molecule has 2 unspecified atom stereocenters. The lowest BCUT2D eigenvalue weighted by atomic mass is 10.0. The molecule has 1 aromatic rings. The van der Waals surface area contributed by atoms with Gasteiger partial charge in [-0.1, -0.05) is 18.2 Å². The molecular formula is C16H21NO3. The smallest absolute Gasteiger partial charge is 0.411 e. The molecule has 3 rings (SSSR count). The second-order valence-electron chi connectivity index (χ2n) is 6.48. The first-order chi connectivity index (χ1) is 9.46. The number of amides is 1. The molecular weight excluding hydrogens is 254 g/mol. The van der Waals surface area contributed by atoms with Crippen LogP contribution >= 0.6 is 0 Å². The Morgan fingerprint density at radius 2 is 2.05 bits per heavy atom. The van der Waals surface area contributed by atoms with E-state index in [-0.39, 0.29) is 18.2 Å². The highest BCUT2D eigenvalue weighted by Gasteiger charge is 2.43. The molecule has 2 atom stereocenters. The number of rotatable bonds is 0. The van der Waals surface area contributed by atoms with Crippen LogP contribution in [0.5, 0.6) is 5.75 Å². The predicted molar refractivity (Wildman–Crippen MR) is 75.8 cm³/mol. The molecule has 1 fully saturated rings. The lowest BCUT2D eigenvalue weighted by molar-refractivity contribution is 0.0126. The quantitative estimate of drug-likeness (QED) is 0.727. The van der Waals surface area contributed by atoms with Crippen LogP contribution in [0.4, 0.5) is 4.79 Å². The van der Waals surface area contributed by atoms with Gasteiger partial charge in [-0.2, -0.15) is 0 Å². The van der Waals surface area contributed by atoms with Crippen LogP contribution in [0.15, 0.2) is 24.3 Å². The monoisotopic (exact) mass is 275 g/mol. The number of hydrogen-bond acceptors (Lipinski definition) is 3. The molecule has 0 saturated carbocycles. The zero-order valence-corrected chi connectivity index (χ0v) is 12.3. The van der Waals surface area contributed by atoms with E-state index in [1.165, 1.54) is 0 Å². The Hall–Kier alpha value is -1.71. The maximum absolute atomic E-state index is 12.5. The fourth-order valence-electron chi connectivity index (χ4n) is 3.02. The second-order valence-corrected chi connectivity index (χ2v) is 6.48. The van der Waals surface area contributed by atoms with E-state index < -0.39 is 5.60 Å². The van der Waals surface area contributed by atoms with Crippen LogP contribution in [0.3, 0.4) is 0 Å². The molecule has 4 nitrogen and oxygen atoms in total. The Kier molecular flexibility index (Phi) is 3.11. The summed E-state index contributed by atoms with van der Waals surface area (Å²) in [5.74, 6) is 0.897. The number of fused-ring (bicyclic) bond motifs is 4. The Morgan fingerprint density at radius 3 is 2.80 bits per heavy atom. The van der Waals surface area contributed by atoms with Crippen LogP contribution in [0, 0.1) is 0 Å². The van der Waals surface area contributed by atoms with E-state index in [1.807, 2.05) is 49.9 Å². The summed E-state index contributed by atoms with van der Waals surface area (Å²) in [7, 11) is 0. The van der Waals surface area contributed by atoms with Gasteiger partial charge in [-0.05, 0) is 39.7 Å². The van der Waals surface area contributed by atoms with E-state index in [9.17, 15) is 4.79 Å². The maximum atomic E-state index is 12.5. The Labute approximate surface area is 119 Å². The topological polar surface area (TPSA) is 38.8 Å². The Morgan fingerprint density at radius 1 is 1.30 bits per heavy atom. The number of ether oxygens (including phenoxy) is 2. The van der Waals surface area contributed by atoms with Crippen molar-refractivity contribution in [3.63, 3.8) is 0 Å². The molecule has 0 N–H and O–H groups in total. The SMILES string of the molecule is CC(C)(C)OC(=O)N1C2CCC1c1ccccc1OC2. The van der Waals surface area contributed by atoms with Crippen LogP contribution < -0.4 is 4.74 Å². The number of nitrogens with zero attached hydrogens (tertiary/aromatic N) is 1. The first kappa shape index (κ1) is 13.3. The number of carbonyl (C=O) groups is 1. The molecule has 1 aromatic carbocycles. The van der Waals surface area contributed by atoms with Crippen molar-refractivity contribution >= 4 is 6.09 Å².